The Morgan fingerprint density at radius 3 is 2.80 bits per heavy atom. The van der Waals surface area contributed by atoms with E-state index in [0.29, 0.717) is 24.7 Å². The third-order valence-corrected chi connectivity index (χ3v) is 3.85. The first-order valence-corrected chi connectivity index (χ1v) is 5.79. The molecule has 86 valence electrons. The predicted molar refractivity (Wildman–Crippen MR) is 56.2 cm³/mol. The van der Waals surface area contributed by atoms with Crippen molar-refractivity contribution in [2.24, 2.45) is 11.8 Å². The van der Waals surface area contributed by atoms with E-state index >= 15 is 0 Å². The van der Waals surface area contributed by atoms with Crippen LogP contribution in [0.3, 0.4) is 0 Å². The Hall–Kier alpha value is -0.570. The summed E-state index contributed by atoms with van der Waals surface area (Å²) in [4.78, 5) is 10.6. The van der Waals surface area contributed by atoms with E-state index in [0.717, 1.165) is 25.7 Å². The summed E-state index contributed by atoms with van der Waals surface area (Å²) in [5.41, 5.74) is -1.04. The summed E-state index contributed by atoms with van der Waals surface area (Å²) in [5.74, 6) is 1.11. The van der Waals surface area contributed by atoms with Gasteiger partial charge in [0.2, 0.25) is 0 Å². The van der Waals surface area contributed by atoms with Crippen LogP contribution in [0.25, 0.3) is 0 Å². The van der Waals surface area contributed by atoms with Crippen LogP contribution in [-0.2, 0) is 9.53 Å². The fourth-order valence-electron chi connectivity index (χ4n) is 3.91. The Morgan fingerprint density at radius 2 is 2.13 bits per heavy atom. The normalized spacial score (nSPS) is 49.8. The van der Waals surface area contributed by atoms with Crippen LogP contribution >= 0.6 is 0 Å². The summed E-state index contributed by atoms with van der Waals surface area (Å²) in [6.07, 6.45) is 4.44. The van der Waals surface area contributed by atoms with Crippen molar-refractivity contribution < 1.29 is 14.6 Å². The smallest absolute Gasteiger partial charge is 0.293 e. The topological polar surface area (TPSA) is 46.5 Å². The van der Waals surface area contributed by atoms with Gasteiger partial charge < -0.3 is 9.84 Å². The van der Waals surface area contributed by atoms with Crippen molar-refractivity contribution in [3.8, 4) is 0 Å². The first-order chi connectivity index (χ1) is 6.95. The molecule has 4 atom stereocenters. The zero-order chi connectivity index (χ0) is 11.1. The van der Waals surface area contributed by atoms with E-state index < -0.39 is 5.60 Å². The Balaban J connectivity index is 2.21. The molecular formula is C12H20O3. The van der Waals surface area contributed by atoms with Gasteiger partial charge in [-0.1, -0.05) is 6.92 Å². The number of hydrogen-bond donors (Lipinski definition) is 1. The molecule has 4 unspecified atom stereocenters. The molecule has 0 amide bonds. The molecule has 2 rings (SSSR count). The zero-order valence-electron chi connectivity index (χ0n) is 9.53. The van der Waals surface area contributed by atoms with E-state index in [4.69, 9.17) is 4.74 Å². The maximum absolute atomic E-state index is 10.6. The lowest BCUT2D eigenvalue weighted by Gasteiger charge is -2.51. The van der Waals surface area contributed by atoms with E-state index in [1.807, 2.05) is 6.92 Å². The van der Waals surface area contributed by atoms with E-state index in [-0.39, 0.29) is 5.60 Å². The van der Waals surface area contributed by atoms with Crippen LogP contribution in [0.1, 0.15) is 46.0 Å². The molecule has 3 nitrogen and oxygen atoms in total. The van der Waals surface area contributed by atoms with Crippen molar-refractivity contribution in [1.29, 1.82) is 0 Å². The number of carbonyl (C=O) groups excluding carboxylic acids is 1. The van der Waals surface area contributed by atoms with E-state index in [2.05, 4.69) is 6.92 Å². The Kier molecular flexibility index (Phi) is 2.53. The van der Waals surface area contributed by atoms with Gasteiger partial charge in [-0.05, 0) is 44.4 Å². The highest BCUT2D eigenvalue weighted by Gasteiger charge is 2.50. The molecule has 2 saturated carbocycles. The van der Waals surface area contributed by atoms with Gasteiger partial charge in [0.05, 0.1) is 5.60 Å². The Labute approximate surface area is 90.8 Å². The Bertz CT molecular complexity index is 258. The van der Waals surface area contributed by atoms with Crippen molar-refractivity contribution in [2.45, 2.75) is 57.2 Å². The first-order valence-electron chi connectivity index (χ1n) is 5.79. The molecule has 2 aliphatic carbocycles. The molecule has 0 aromatic carbocycles. The molecule has 0 aliphatic heterocycles. The molecule has 1 N–H and O–H groups in total. The molecule has 0 aromatic heterocycles. The monoisotopic (exact) mass is 212 g/mol. The largest absolute Gasteiger partial charge is 0.461 e. The molecule has 0 saturated heterocycles. The first kappa shape index (κ1) is 10.9. The lowest BCUT2D eigenvalue weighted by molar-refractivity contribution is -0.176. The molecule has 3 heteroatoms. The highest BCUT2D eigenvalue weighted by atomic mass is 16.5. The number of fused-ring (bicyclic) bond motifs is 2. The van der Waals surface area contributed by atoms with Crippen LogP contribution in [0.15, 0.2) is 0 Å². The van der Waals surface area contributed by atoms with Gasteiger partial charge in [-0.2, -0.15) is 0 Å². The minimum atomic E-state index is -0.661. The van der Waals surface area contributed by atoms with Crippen molar-refractivity contribution in [3.63, 3.8) is 0 Å². The molecule has 0 heterocycles. The summed E-state index contributed by atoms with van der Waals surface area (Å²) in [6.45, 7) is 4.61. The van der Waals surface area contributed by atoms with Gasteiger partial charge >= 0.3 is 0 Å². The number of hydrogen-bond acceptors (Lipinski definition) is 3. The van der Waals surface area contributed by atoms with Crippen molar-refractivity contribution in [3.05, 3.63) is 0 Å². The zero-order valence-corrected chi connectivity index (χ0v) is 9.53. The second-order valence-electron chi connectivity index (χ2n) is 5.89. The minimum Gasteiger partial charge on any atom is -0.461 e. The quantitative estimate of drug-likeness (QED) is 0.711. The van der Waals surface area contributed by atoms with Crippen LogP contribution in [0.2, 0.25) is 0 Å². The van der Waals surface area contributed by atoms with Gasteiger partial charge in [0.1, 0.15) is 5.60 Å². The van der Waals surface area contributed by atoms with Crippen LogP contribution < -0.4 is 0 Å². The van der Waals surface area contributed by atoms with E-state index in [1.165, 1.54) is 0 Å². The fraction of sp³-hybridized carbons (Fsp3) is 0.917. The van der Waals surface area contributed by atoms with Gasteiger partial charge in [0, 0.05) is 6.42 Å². The second-order valence-corrected chi connectivity index (χ2v) is 5.89. The summed E-state index contributed by atoms with van der Waals surface area (Å²) < 4.78 is 5.31. The lowest BCUT2D eigenvalue weighted by Crippen LogP contribution is -2.52. The fourth-order valence-corrected chi connectivity index (χ4v) is 3.91. The highest BCUT2D eigenvalue weighted by Crippen LogP contribution is 2.50. The van der Waals surface area contributed by atoms with Crippen LogP contribution in [-0.4, -0.2) is 22.8 Å². The van der Waals surface area contributed by atoms with Gasteiger partial charge in [0.15, 0.2) is 0 Å². The van der Waals surface area contributed by atoms with Crippen LogP contribution in [0.4, 0.5) is 0 Å². The number of ether oxygens (including phenoxy) is 1. The SMILES string of the molecule is CC1CC2CC(C)(O)CC(OC=O)(C1)C2. The van der Waals surface area contributed by atoms with Gasteiger partial charge in [-0.3, -0.25) is 4.79 Å². The summed E-state index contributed by atoms with van der Waals surface area (Å²) in [5, 5.41) is 10.2. The maximum atomic E-state index is 10.6. The molecule has 2 fully saturated rings. The second kappa shape index (κ2) is 3.48. The van der Waals surface area contributed by atoms with E-state index in [1.54, 1.807) is 0 Å². The summed E-state index contributed by atoms with van der Waals surface area (Å²) in [6, 6.07) is 0. The molecule has 0 spiro atoms. The molecular weight excluding hydrogens is 192 g/mol. The molecule has 15 heavy (non-hydrogen) atoms. The molecule has 2 bridgehead atoms. The average Bonchev–Trinajstić information content (AvgIpc) is 1.97. The van der Waals surface area contributed by atoms with Crippen LogP contribution in [0.5, 0.6) is 0 Å². The van der Waals surface area contributed by atoms with E-state index in [9.17, 15) is 9.90 Å². The molecule has 0 radical (unpaired) electrons. The number of aliphatic hydroxyl groups is 1. The lowest BCUT2D eigenvalue weighted by atomic mass is 9.61. The van der Waals surface area contributed by atoms with Gasteiger partial charge in [-0.25, -0.2) is 0 Å². The summed E-state index contributed by atoms with van der Waals surface area (Å²) in [7, 11) is 0. The van der Waals surface area contributed by atoms with Crippen molar-refractivity contribution >= 4 is 6.47 Å². The average molecular weight is 212 g/mol. The molecule has 2 aliphatic rings. The molecule has 0 aromatic rings. The van der Waals surface area contributed by atoms with Gasteiger partial charge in [0.25, 0.3) is 6.47 Å². The summed E-state index contributed by atoms with van der Waals surface area (Å²) >= 11 is 0. The third kappa shape index (κ3) is 2.17. The maximum Gasteiger partial charge on any atom is 0.293 e. The minimum absolute atomic E-state index is 0.383. The predicted octanol–water partition coefficient (Wildman–Crippen LogP) is 1.88. The van der Waals surface area contributed by atoms with Crippen LogP contribution in [0, 0.1) is 11.8 Å². The Morgan fingerprint density at radius 1 is 1.40 bits per heavy atom. The third-order valence-electron chi connectivity index (χ3n) is 3.85. The number of rotatable bonds is 2. The van der Waals surface area contributed by atoms with Crippen molar-refractivity contribution in [1.82, 2.24) is 0 Å². The van der Waals surface area contributed by atoms with Gasteiger partial charge in [-0.15, -0.1) is 0 Å². The highest BCUT2D eigenvalue weighted by molar-refractivity contribution is 5.38. The number of carbonyl (C=O) groups is 1. The standard InChI is InChI=1S/C12H20O3/c1-9-3-10-5-11(2,14)7-12(4-9,6-10)15-8-13/h8-10,14H,3-7H2,1-2H3. The van der Waals surface area contributed by atoms with Crippen molar-refractivity contribution in [2.75, 3.05) is 0 Å².